The fourth-order valence-corrected chi connectivity index (χ4v) is 3.48. The summed E-state index contributed by atoms with van der Waals surface area (Å²) < 4.78 is 19.2. The summed E-state index contributed by atoms with van der Waals surface area (Å²) in [7, 11) is 0. The Hall–Kier alpha value is -0.930. The van der Waals surface area contributed by atoms with Crippen LogP contribution in [0.4, 0.5) is 4.39 Å². The summed E-state index contributed by atoms with van der Waals surface area (Å²) in [5.74, 6) is -0.154. The molecule has 1 N–H and O–H groups in total. The molecule has 1 saturated heterocycles. The Balaban J connectivity index is 1.55. The molecule has 1 aliphatic heterocycles. The molecule has 2 nitrogen and oxygen atoms in total. The van der Waals surface area contributed by atoms with Crippen LogP contribution in [0.15, 0.2) is 24.3 Å². The molecule has 1 aromatic rings. The number of ether oxygens (including phenoxy) is 1. The molecule has 1 aromatic carbocycles. The van der Waals surface area contributed by atoms with Gasteiger partial charge in [-0.05, 0) is 43.4 Å². The van der Waals surface area contributed by atoms with E-state index in [9.17, 15) is 4.39 Å². The fraction of sp³-hybridized carbons (Fsp3) is 0.625. The van der Waals surface area contributed by atoms with Crippen molar-refractivity contribution in [1.82, 2.24) is 5.32 Å². The minimum atomic E-state index is -0.154. The fourth-order valence-electron chi connectivity index (χ4n) is 3.48. The summed E-state index contributed by atoms with van der Waals surface area (Å²) >= 11 is 0. The van der Waals surface area contributed by atoms with Crippen molar-refractivity contribution in [2.24, 2.45) is 0 Å². The van der Waals surface area contributed by atoms with Gasteiger partial charge in [0.05, 0.1) is 5.60 Å². The second-order valence-corrected chi connectivity index (χ2v) is 5.94. The molecule has 1 heterocycles. The number of rotatable bonds is 3. The lowest BCUT2D eigenvalue weighted by Gasteiger charge is -2.38. The zero-order valence-electron chi connectivity index (χ0n) is 11.3. The summed E-state index contributed by atoms with van der Waals surface area (Å²) in [6.45, 7) is 1.61. The normalized spacial score (nSPS) is 25.8. The van der Waals surface area contributed by atoms with Crippen molar-refractivity contribution < 1.29 is 9.13 Å². The molecule has 104 valence electrons. The zero-order valence-corrected chi connectivity index (χ0v) is 11.3. The molecule has 3 heteroatoms. The summed E-state index contributed by atoms with van der Waals surface area (Å²) in [5, 5.41) is 3.57. The Bertz CT molecular complexity index is 429. The highest BCUT2D eigenvalue weighted by atomic mass is 19.1. The zero-order chi connectivity index (χ0) is 13.1. The summed E-state index contributed by atoms with van der Waals surface area (Å²) in [5.41, 5.74) is 1.17. The minimum Gasteiger partial charge on any atom is -0.375 e. The average molecular weight is 263 g/mol. The second-order valence-electron chi connectivity index (χ2n) is 5.94. The Morgan fingerprint density at radius 1 is 1.32 bits per heavy atom. The Kier molecular flexibility index (Phi) is 3.85. The first kappa shape index (κ1) is 13.1. The van der Waals surface area contributed by atoms with Crippen LogP contribution in [0.25, 0.3) is 0 Å². The maximum absolute atomic E-state index is 13.1. The van der Waals surface area contributed by atoms with Crippen LogP contribution in [0.2, 0.25) is 0 Å². The Morgan fingerprint density at radius 3 is 2.95 bits per heavy atom. The second kappa shape index (κ2) is 5.59. The highest BCUT2D eigenvalue weighted by molar-refractivity contribution is 5.16. The van der Waals surface area contributed by atoms with Crippen LogP contribution in [-0.2, 0) is 11.3 Å². The molecule has 2 fully saturated rings. The van der Waals surface area contributed by atoms with Gasteiger partial charge >= 0.3 is 0 Å². The first-order valence-corrected chi connectivity index (χ1v) is 7.38. The summed E-state index contributed by atoms with van der Waals surface area (Å²) in [6, 6.07) is 7.36. The number of nitrogens with one attached hydrogen (secondary N) is 1. The van der Waals surface area contributed by atoms with Crippen LogP contribution in [0.5, 0.6) is 0 Å². The molecule has 0 aromatic heterocycles. The third-order valence-electron chi connectivity index (χ3n) is 4.49. The lowest BCUT2D eigenvalue weighted by Crippen LogP contribution is -2.45. The maximum Gasteiger partial charge on any atom is 0.123 e. The van der Waals surface area contributed by atoms with E-state index in [0.29, 0.717) is 6.04 Å². The van der Waals surface area contributed by atoms with Crippen LogP contribution in [0, 0.1) is 5.82 Å². The van der Waals surface area contributed by atoms with Crippen molar-refractivity contribution in [1.29, 1.82) is 0 Å². The van der Waals surface area contributed by atoms with Crippen molar-refractivity contribution in [2.45, 2.75) is 56.7 Å². The van der Waals surface area contributed by atoms with Gasteiger partial charge < -0.3 is 10.1 Å². The van der Waals surface area contributed by atoms with Gasteiger partial charge in [-0.1, -0.05) is 25.0 Å². The van der Waals surface area contributed by atoms with Gasteiger partial charge in [0.15, 0.2) is 0 Å². The molecule has 1 atom stereocenters. The first-order valence-electron chi connectivity index (χ1n) is 7.38. The SMILES string of the molecule is Fc1cccc(CNC2CCOC3(CCCC3)C2)c1. The maximum atomic E-state index is 13.1. The lowest BCUT2D eigenvalue weighted by atomic mass is 9.89. The van der Waals surface area contributed by atoms with E-state index in [1.54, 1.807) is 12.1 Å². The van der Waals surface area contributed by atoms with Gasteiger partial charge in [0, 0.05) is 19.2 Å². The molecule has 0 radical (unpaired) electrons. The summed E-state index contributed by atoms with van der Waals surface area (Å²) in [4.78, 5) is 0. The molecule has 1 spiro atoms. The van der Waals surface area contributed by atoms with Gasteiger partial charge in [0.1, 0.15) is 5.82 Å². The van der Waals surface area contributed by atoms with E-state index in [4.69, 9.17) is 4.74 Å². The van der Waals surface area contributed by atoms with Crippen molar-refractivity contribution in [3.8, 4) is 0 Å². The molecule has 1 saturated carbocycles. The van der Waals surface area contributed by atoms with Crippen LogP contribution in [0.3, 0.4) is 0 Å². The first-order chi connectivity index (χ1) is 9.26. The number of hydrogen-bond donors (Lipinski definition) is 1. The molecule has 2 aliphatic rings. The quantitative estimate of drug-likeness (QED) is 0.902. The third kappa shape index (κ3) is 3.15. The predicted octanol–water partition coefficient (Wildman–Crippen LogP) is 3.41. The lowest BCUT2D eigenvalue weighted by molar-refractivity contribution is -0.0837. The molecular formula is C16H22FNO. The predicted molar refractivity (Wildman–Crippen MR) is 73.4 cm³/mol. The molecule has 0 bridgehead atoms. The van der Waals surface area contributed by atoms with E-state index >= 15 is 0 Å². The molecule has 1 unspecified atom stereocenters. The van der Waals surface area contributed by atoms with Gasteiger partial charge in [0.2, 0.25) is 0 Å². The van der Waals surface area contributed by atoms with Crippen molar-refractivity contribution in [3.05, 3.63) is 35.6 Å². The Labute approximate surface area is 114 Å². The van der Waals surface area contributed by atoms with Gasteiger partial charge in [-0.25, -0.2) is 4.39 Å². The highest BCUT2D eigenvalue weighted by Crippen LogP contribution is 2.39. The van der Waals surface area contributed by atoms with E-state index in [0.717, 1.165) is 31.6 Å². The van der Waals surface area contributed by atoms with Gasteiger partial charge in [-0.2, -0.15) is 0 Å². The molecule has 1 aliphatic carbocycles. The molecule has 3 rings (SSSR count). The van der Waals surface area contributed by atoms with E-state index in [1.807, 2.05) is 6.07 Å². The van der Waals surface area contributed by atoms with Gasteiger partial charge in [0.25, 0.3) is 0 Å². The monoisotopic (exact) mass is 263 g/mol. The van der Waals surface area contributed by atoms with Crippen molar-refractivity contribution in [2.75, 3.05) is 6.61 Å². The summed E-state index contributed by atoms with van der Waals surface area (Å²) in [6.07, 6.45) is 7.21. The molecule has 19 heavy (non-hydrogen) atoms. The number of halogens is 1. The van der Waals surface area contributed by atoms with Gasteiger partial charge in [-0.15, -0.1) is 0 Å². The average Bonchev–Trinajstić information content (AvgIpc) is 2.85. The minimum absolute atomic E-state index is 0.151. The van der Waals surface area contributed by atoms with E-state index < -0.39 is 0 Å². The Morgan fingerprint density at radius 2 is 2.16 bits per heavy atom. The van der Waals surface area contributed by atoms with E-state index in [2.05, 4.69) is 5.32 Å². The van der Waals surface area contributed by atoms with Crippen LogP contribution in [0.1, 0.15) is 44.1 Å². The van der Waals surface area contributed by atoms with Crippen molar-refractivity contribution in [3.63, 3.8) is 0 Å². The van der Waals surface area contributed by atoms with Gasteiger partial charge in [-0.3, -0.25) is 0 Å². The molecule has 0 amide bonds. The van der Waals surface area contributed by atoms with Crippen molar-refractivity contribution >= 4 is 0 Å². The van der Waals surface area contributed by atoms with Crippen LogP contribution in [-0.4, -0.2) is 18.2 Å². The molecular weight excluding hydrogens is 241 g/mol. The third-order valence-corrected chi connectivity index (χ3v) is 4.49. The smallest absolute Gasteiger partial charge is 0.123 e. The van der Waals surface area contributed by atoms with E-state index in [1.165, 1.54) is 31.7 Å². The number of hydrogen-bond acceptors (Lipinski definition) is 2. The topological polar surface area (TPSA) is 21.3 Å². The number of benzene rings is 1. The largest absolute Gasteiger partial charge is 0.375 e. The standard InChI is InChI=1S/C16H22FNO/c17-14-5-3-4-13(10-14)12-18-15-6-9-19-16(11-15)7-1-2-8-16/h3-5,10,15,18H,1-2,6-9,11-12H2. The van der Waals surface area contributed by atoms with Crippen LogP contribution >= 0.6 is 0 Å². The highest BCUT2D eigenvalue weighted by Gasteiger charge is 2.39. The van der Waals surface area contributed by atoms with Crippen LogP contribution < -0.4 is 5.32 Å². The van der Waals surface area contributed by atoms with E-state index in [-0.39, 0.29) is 11.4 Å².